The smallest absolute Gasteiger partial charge is 0.243 e. The lowest BCUT2D eigenvalue weighted by Gasteiger charge is -2.45. The molecular formula is C20H30FN3O3S. The Balaban J connectivity index is 1.81. The highest BCUT2D eigenvalue weighted by Crippen LogP contribution is 2.37. The van der Waals surface area contributed by atoms with E-state index in [-0.39, 0.29) is 28.8 Å². The van der Waals surface area contributed by atoms with E-state index in [0.29, 0.717) is 25.9 Å². The summed E-state index contributed by atoms with van der Waals surface area (Å²) in [5.74, 6) is -0.137. The first kappa shape index (κ1) is 21.2. The van der Waals surface area contributed by atoms with Gasteiger partial charge in [0.1, 0.15) is 5.82 Å². The first-order valence-electron chi connectivity index (χ1n) is 9.99. The fourth-order valence-electron chi connectivity index (χ4n) is 4.39. The number of halogens is 1. The van der Waals surface area contributed by atoms with Crippen LogP contribution in [0.1, 0.15) is 47.0 Å². The van der Waals surface area contributed by atoms with E-state index in [1.165, 1.54) is 16.4 Å². The van der Waals surface area contributed by atoms with Crippen LogP contribution in [0.25, 0.3) is 0 Å². The van der Waals surface area contributed by atoms with Gasteiger partial charge in [0.25, 0.3) is 0 Å². The molecule has 2 aliphatic rings. The van der Waals surface area contributed by atoms with Crippen molar-refractivity contribution in [2.24, 2.45) is 5.92 Å². The molecule has 1 aromatic carbocycles. The van der Waals surface area contributed by atoms with E-state index in [1.807, 2.05) is 18.7 Å². The Labute approximate surface area is 167 Å². The number of piperidine rings is 1. The molecule has 1 N–H and O–H groups in total. The van der Waals surface area contributed by atoms with Gasteiger partial charge in [-0.2, -0.15) is 4.31 Å². The monoisotopic (exact) mass is 411 g/mol. The summed E-state index contributed by atoms with van der Waals surface area (Å²) in [5, 5.41) is 3.56. The quantitative estimate of drug-likeness (QED) is 0.809. The van der Waals surface area contributed by atoms with E-state index < -0.39 is 21.5 Å². The van der Waals surface area contributed by atoms with E-state index in [1.54, 1.807) is 0 Å². The minimum atomic E-state index is -3.68. The maximum absolute atomic E-state index is 13.1. The Bertz CT molecular complexity index is 818. The minimum absolute atomic E-state index is 0.0364. The van der Waals surface area contributed by atoms with Crippen LogP contribution in [0.5, 0.6) is 0 Å². The largest absolute Gasteiger partial charge is 0.321 e. The molecule has 28 heavy (non-hydrogen) atoms. The van der Waals surface area contributed by atoms with E-state index in [2.05, 4.69) is 19.2 Å². The molecule has 1 amide bonds. The van der Waals surface area contributed by atoms with Crippen molar-refractivity contribution in [1.29, 1.82) is 0 Å². The van der Waals surface area contributed by atoms with Gasteiger partial charge in [0.2, 0.25) is 15.9 Å². The molecule has 0 aliphatic carbocycles. The molecule has 2 fully saturated rings. The predicted molar refractivity (Wildman–Crippen MR) is 105 cm³/mol. The molecule has 2 unspecified atom stereocenters. The van der Waals surface area contributed by atoms with Crippen molar-refractivity contribution in [1.82, 2.24) is 14.5 Å². The zero-order chi connectivity index (χ0) is 20.7. The van der Waals surface area contributed by atoms with Gasteiger partial charge in [0, 0.05) is 19.1 Å². The third-order valence-corrected chi connectivity index (χ3v) is 8.03. The zero-order valence-electron chi connectivity index (χ0n) is 17.0. The van der Waals surface area contributed by atoms with Gasteiger partial charge in [-0.05, 0) is 56.9 Å². The second-order valence-electron chi connectivity index (χ2n) is 8.20. The molecule has 2 heterocycles. The molecule has 156 valence electrons. The maximum atomic E-state index is 13.1. The summed E-state index contributed by atoms with van der Waals surface area (Å²) in [6.07, 6.45) is 1.96. The van der Waals surface area contributed by atoms with Crippen molar-refractivity contribution in [3.63, 3.8) is 0 Å². The van der Waals surface area contributed by atoms with Crippen LogP contribution in [0, 0.1) is 11.7 Å². The van der Waals surface area contributed by atoms with Crippen LogP contribution in [0.2, 0.25) is 0 Å². The maximum Gasteiger partial charge on any atom is 0.243 e. The molecule has 8 heteroatoms. The van der Waals surface area contributed by atoms with Gasteiger partial charge < -0.3 is 4.90 Å². The van der Waals surface area contributed by atoms with E-state index in [0.717, 1.165) is 18.6 Å². The van der Waals surface area contributed by atoms with Gasteiger partial charge in [-0.25, -0.2) is 12.8 Å². The van der Waals surface area contributed by atoms with Crippen molar-refractivity contribution in [2.45, 2.75) is 69.6 Å². The third-order valence-electron chi connectivity index (χ3n) is 6.12. The van der Waals surface area contributed by atoms with Crippen LogP contribution in [-0.4, -0.2) is 54.4 Å². The first-order chi connectivity index (χ1) is 13.1. The Morgan fingerprint density at radius 3 is 2.25 bits per heavy atom. The predicted octanol–water partition coefficient (Wildman–Crippen LogP) is 2.56. The summed E-state index contributed by atoms with van der Waals surface area (Å²) in [4.78, 5) is 15.1. The number of carbonyl (C=O) groups excluding carboxylic acids is 1. The highest BCUT2D eigenvalue weighted by atomic mass is 32.2. The molecule has 2 saturated heterocycles. The second-order valence-corrected chi connectivity index (χ2v) is 10.1. The van der Waals surface area contributed by atoms with E-state index in [4.69, 9.17) is 0 Å². The number of carbonyl (C=O) groups is 1. The number of sulfonamides is 1. The third kappa shape index (κ3) is 3.57. The molecular weight excluding hydrogens is 381 g/mol. The van der Waals surface area contributed by atoms with Gasteiger partial charge in [-0.15, -0.1) is 0 Å². The lowest BCUT2D eigenvalue weighted by molar-refractivity contribution is -0.136. The minimum Gasteiger partial charge on any atom is -0.321 e. The standard InChI is InChI=1S/C20H30FN3O3S/c1-5-15(4)18-19(25)24(14(2)3)20(22-18)10-12-23(13-11-20)28(26,27)17-8-6-16(21)7-9-17/h6-9,14-15,18,22H,5,10-13H2,1-4H3. The molecule has 0 bridgehead atoms. The normalized spacial score (nSPS) is 24.3. The summed E-state index contributed by atoms with van der Waals surface area (Å²) in [7, 11) is -3.68. The molecule has 0 radical (unpaired) electrons. The lowest BCUT2D eigenvalue weighted by Crippen LogP contribution is -2.61. The van der Waals surface area contributed by atoms with Crippen molar-refractivity contribution in [2.75, 3.05) is 13.1 Å². The van der Waals surface area contributed by atoms with Crippen LogP contribution in [-0.2, 0) is 14.8 Å². The number of nitrogens with one attached hydrogen (secondary N) is 1. The SMILES string of the molecule is CCC(C)C1NC2(CCN(S(=O)(=O)c3ccc(F)cc3)CC2)N(C(C)C)C1=O. The molecule has 0 saturated carbocycles. The molecule has 0 aromatic heterocycles. The van der Waals surface area contributed by atoms with Crippen LogP contribution in [0.3, 0.4) is 0 Å². The van der Waals surface area contributed by atoms with E-state index >= 15 is 0 Å². The summed E-state index contributed by atoms with van der Waals surface area (Å²) >= 11 is 0. The summed E-state index contributed by atoms with van der Waals surface area (Å²) < 4.78 is 40.4. The Morgan fingerprint density at radius 1 is 1.18 bits per heavy atom. The number of rotatable bonds is 5. The highest BCUT2D eigenvalue weighted by molar-refractivity contribution is 7.89. The highest BCUT2D eigenvalue weighted by Gasteiger charge is 2.54. The van der Waals surface area contributed by atoms with Gasteiger partial charge in [0.05, 0.1) is 16.6 Å². The van der Waals surface area contributed by atoms with Crippen molar-refractivity contribution >= 4 is 15.9 Å². The van der Waals surface area contributed by atoms with Gasteiger partial charge in [-0.3, -0.25) is 10.1 Å². The molecule has 1 aromatic rings. The summed E-state index contributed by atoms with van der Waals surface area (Å²) in [6.45, 7) is 8.78. The van der Waals surface area contributed by atoms with Gasteiger partial charge >= 0.3 is 0 Å². The second kappa shape index (κ2) is 7.72. The fourth-order valence-corrected chi connectivity index (χ4v) is 5.83. The van der Waals surface area contributed by atoms with Gasteiger partial charge in [-0.1, -0.05) is 20.3 Å². The molecule has 2 atom stereocenters. The fraction of sp³-hybridized carbons (Fsp3) is 0.650. The van der Waals surface area contributed by atoms with Crippen LogP contribution >= 0.6 is 0 Å². The summed E-state index contributed by atoms with van der Waals surface area (Å²) in [6, 6.07) is 4.72. The Hall–Kier alpha value is -1.51. The first-order valence-corrected chi connectivity index (χ1v) is 11.4. The number of nitrogens with zero attached hydrogens (tertiary/aromatic N) is 2. The lowest BCUT2D eigenvalue weighted by atomic mass is 9.95. The van der Waals surface area contributed by atoms with Crippen LogP contribution in [0.4, 0.5) is 4.39 Å². The van der Waals surface area contributed by atoms with Crippen LogP contribution in [0.15, 0.2) is 29.2 Å². The Kier molecular flexibility index (Phi) is 5.85. The average Bonchev–Trinajstić information content (AvgIpc) is 2.93. The number of hydrogen-bond donors (Lipinski definition) is 1. The summed E-state index contributed by atoms with van der Waals surface area (Å²) in [5.41, 5.74) is -0.506. The van der Waals surface area contributed by atoms with Crippen molar-refractivity contribution < 1.29 is 17.6 Å². The van der Waals surface area contributed by atoms with E-state index in [9.17, 15) is 17.6 Å². The van der Waals surface area contributed by atoms with Crippen LogP contribution < -0.4 is 5.32 Å². The van der Waals surface area contributed by atoms with Crippen molar-refractivity contribution in [3.05, 3.63) is 30.1 Å². The Morgan fingerprint density at radius 2 is 1.75 bits per heavy atom. The number of benzene rings is 1. The topological polar surface area (TPSA) is 69.7 Å². The molecule has 3 rings (SSSR count). The number of hydrogen-bond acceptors (Lipinski definition) is 4. The number of amides is 1. The average molecular weight is 412 g/mol. The molecule has 1 spiro atoms. The van der Waals surface area contributed by atoms with Crippen molar-refractivity contribution in [3.8, 4) is 0 Å². The molecule has 2 aliphatic heterocycles. The molecule has 6 nitrogen and oxygen atoms in total. The van der Waals surface area contributed by atoms with Gasteiger partial charge in [0.15, 0.2) is 0 Å². The zero-order valence-corrected chi connectivity index (χ0v) is 17.8.